The molecular weight excluding hydrogens is 232 g/mol. The first-order valence-electron chi connectivity index (χ1n) is 4.22. The highest BCUT2D eigenvalue weighted by Crippen LogP contribution is 2.14. The largest absolute Gasteiger partial charge is 0.298 e. The van der Waals surface area contributed by atoms with Crippen LogP contribution in [0, 0.1) is 0 Å². The molecule has 0 saturated carbocycles. The van der Waals surface area contributed by atoms with Crippen LogP contribution in [0.5, 0.6) is 0 Å². The van der Waals surface area contributed by atoms with E-state index < -0.39 is 0 Å². The van der Waals surface area contributed by atoms with Gasteiger partial charge >= 0.3 is 0 Å². The Morgan fingerprint density at radius 2 is 2.33 bits per heavy atom. The summed E-state index contributed by atoms with van der Waals surface area (Å²) in [4.78, 5) is 15.6. The molecule has 0 atom stereocenters. The predicted octanol–water partition coefficient (Wildman–Crippen LogP) is 3.05. The maximum Gasteiger partial charge on any atom is 0.257 e. The number of carbonyl (C=O) groups excluding carboxylic acids is 1. The molecule has 0 spiro atoms. The molecule has 1 heterocycles. The minimum Gasteiger partial charge on any atom is -0.298 e. The highest BCUT2D eigenvalue weighted by Gasteiger charge is 2.07. The lowest BCUT2D eigenvalue weighted by Crippen LogP contribution is -2.11. The molecule has 0 bridgehead atoms. The van der Waals surface area contributed by atoms with Crippen LogP contribution in [0.3, 0.4) is 0 Å². The van der Waals surface area contributed by atoms with Gasteiger partial charge in [0, 0.05) is 22.2 Å². The van der Waals surface area contributed by atoms with Crippen LogP contribution in [0.15, 0.2) is 35.8 Å². The molecule has 0 aliphatic carbocycles. The molecule has 3 nitrogen and oxygen atoms in total. The van der Waals surface area contributed by atoms with Crippen molar-refractivity contribution in [3.63, 3.8) is 0 Å². The molecule has 0 saturated heterocycles. The number of hydrogen-bond donors (Lipinski definition) is 1. The van der Waals surface area contributed by atoms with Gasteiger partial charge in [-0.2, -0.15) is 0 Å². The second-order valence-corrected chi connectivity index (χ2v) is 4.13. The molecule has 76 valence electrons. The summed E-state index contributed by atoms with van der Waals surface area (Å²) in [6, 6.07) is 6.78. The first-order valence-corrected chi connectivity index (χ1v) is 5.48. The first-order chi connectivity index (χ1) is 7.25. The quantitative estimate of drug-likeness (QED) is 0.874. The van der Waals surface area contributed by atoms with Gasteiger partial charge in [-0.05, 0) is 18.2 Å². The minimum atomic E-state index is -0.201. The number of nitrogens with one attached hydrogen (secondary N) is 1. The lowest BCUT2D eigenvalue weighted by atomic mass is 10.2. The molecule has 5 heteroatoms. The molecule has 15 heavy (non-hydrogen) atoms. The van der Waals surface area contributed by atoms with Gasteiger partial charge in [-0.1, -0.05) is 17.7 Å². The third-order valence-corrected chi connectivity index (χ3v) is 2.66. The summed E-state index contributed by atoms with van der Waals surface area (Å²) in [5, 5.41) is 5.60. The van der Waals surface area contributed by atoms with Crippen LogP contribution in [0.2, 0.25) is 5.02 Å². The monoisotopic (exact) mass is 238 g/mol. The van der Waals surface area contributed by atoms with Crippen LogP contribution in [0.4, 0.5) is 5.13 Å². The van der Waals surface area contributed by atoms with Crippen LogP contribution >= 0.6 is 22.9 Å². The molecular formula is C10H7ClN2OS. The van der Waals surface area contributed by atoms with Crippen LogP contribution in [0.25, 0.3) is 0 Å². The van der Waals surface area contributed by atoms with E-state index in [1.807, 2.05) is 0 Å². The SMILES string of the molecule is O=C(Nc1nccs1)c1cccc(Cl)c1. The van der Waals surface area contributed by atoms with Crippen molar-refractivity contribution in [2.24, 2.45) is 0 Å². The molecule has 1 aromatic heterocycles. The van der Waals surface area contributed by atoms with Crippen molar-refractivity contribution in [2.45, 2.75) is 0 Å². The van der Waals surface area contributed by atoms with Crippen molar-refractivity contribution >= 4 is 34.0 Å². The Morgan fingerprint density at radius 1 is 1.47 bits per heavy atom. The number of benzene rings is 1. The third-order valence-electron chi connectivity index (χ3n) is 1.74. The summed E-state index contributed by atoms with van der Waals surface area (Å²) < 4.78 is 0. The molecule has 2 aromatic rings. The Labute approximate surface area is 95.7 Å². The number of nitrogens with zero attached hydrogens (tertiary/aromatic N) is 1. The van der Waals surface area contributed by atoms with Crippen molar-refractivity contribution < 1.29 is 4.79 Å². The van der Waals surface area contributed by atoms with E-state index in [2.05, 4.69) is 10.3 Å². The van der Waals surface area contributed by atoms with E-state index in [1.54, 1.807) is 35.8 Å². The Morgan fingerprint density at radius 3 is 3.00 bits per heavy atom. The average Bonchev–Trinajstić information content (AvgIpc) is 2.70. The van der Waals surface area contributed by atoms with Crippen molar-refractivity contribution in [3.05, 3.63) is 46.4 Å². The second kappa shape index (κ2) is 4.42. The van der Waals surface area contributed by atoms with Crippen molar-refractivity contribution in [2.75, 3.05) is 5.32 Å². The molecule has 1 amide bonds. The fraction of sp³-hybridized carbons (Fsp3) is 0. The molecule has 0 aliphatic rings. The summed E-state index contributed by atoms with van der Waals surface area (Å²) in [6.45, 7) is 0. The van der Waals surface area contributed by atoms with Gasteiger partial charge in [-0.15, -0.1) is 11.3 Å². The summed E-state index contributed by atoms with van der Waals surface area (Å²) >= 11 is 7.15. The topological polar surface area (TPSA) is 42.0 Å². The zero-order valence-corrected chi connectivity index (χ0v) is 9.18. The summed E-state index contributed by atoms with van der Waals surface area (Å²) in [5.74, 6) is -0.201. The predicted molar refractivity (Wildman–Crippen MR) is 61.5 cm³/mol. The molecule has 2 rings (SSSR count). The molecule has 0 fully saturated rings. The Balaban J connectivity index is 2.15. The van der Waals surface area contributed by atoms with Gasteiger partial charge < -0.3 is 0 Å². The normalized spacial score (nSPS) is 9.93. The fourth-order valence-electron chi connectivity index (χ4n) is 1.08. The lowest BCUT2D eigenvalue weighted by molar-refractivity contribution is 0.102. The van der Waals surface area contributed by atoms with Gasteiger partial charge in [0.2, 0.25) is 0 Å². The van der Waals surface area contributed by atoms with E-state index in [9.17, 15) is 4.79 Å². The molecule has 1 aromatic carbocycles. The zero-order valence-electron chi connectivity index (χ0n) is 7.61. The van der Waals surface area contributed by atoms with E-state index in [0.717, 1.165) is 0 Å². The first kappa shape index (κ1) is 10.1. The Kier molecular flexibility index (Phi) is 2.99. The van der Waals surface area contributed by atoms with Crippen LogP contribution in [0.1, 0.15) is 10.4 Å². The summed E-state index contributed by atoms with van der Waals surface area (Å²) in [5.41, 5.74) is 0.526. The van der Waals surface area contributed by atoms with E-state index in [4.69, 9.17) is 11.6 Å². The summed E-state index contributed by atoms with van der Waals surface area (Å²) in [6.07, 6.45) is 1.64. The molecule has 0 unspecified atom stereocenters. The van der Waals surface area contributed by atoms with Gasteiger partial charge in [0.15, 0.2) is 5.13 Å². The lowest BCUT2D eigenvalue weighted by Gasteiger charge is -2.01. The molecule has 0 radical (unpaired) electrons. The number of aromatic nitrogens is 1. The average molecular weight is 239 g/mol. The van der Waals surface area contributed by atoms with E-state index >= 15 is 0 Å². The van der Waals surface area contributed by atoms with Gasteiger partial charge in [0.1, 0.15) is 0 Å². The number of anilines is 1. The molecule has 0 aliphatic heterocycles. The number of rotatable bonds is 2. The van der Waals surface area contributed by atoms with Crippen LogP contribution < -0.4 is 5.32 Å². The Hall–Kier alpha value is -1.39. The molecule has 1 N–H and O–H groups in total. The minimum absolute atomic E-state index is 0.201. The standard InChI is InChI=1S/C10H7ClN2OS/c11-8-3-1-2-7(6-8)9(14)13-10-12-4-5-15-10/h1-6H,(H,12,13,14). The highest BCUT2D eigenvalue weighted by atomic mass is 35.5. The fourth-order valence-corrected chi connectivity index (χ4v) is 1.80. The maximum absolute atomic E-state index is 11.7. The van der Waals surface area contributed by atoms with E-state index in [-0.39, 0.29) is 5.91 Å². The second-order valence-electron chi connectivity index (χ2n) is 2.80. The van der Waals surface area contributed by atoms with Gasteiger partial charge in [-0.25, -0.2) is 4.98 Å². The van der Waals surface area contributed by atoms with Crippen LogP contribution in [-0.2, 0) is 0 Å². The van der Waals surface area contributed by atoms with Gasteiger partial charge in [0.05, 0.1) is 0 Å². The van der Waals surface area contributed by atoms with Crippen molar-refractivity contribution in [3.8, 4) is 0 Å². The number of amides is 1. The maximum atomic E-state index is 11.7. The van der Waals surface area contributed by atoms with Gasteiger partial charge in [0.25, 0.3) is 5.91 Å². The Bertz CT molecular complexity index is 470. The smallest absolute Gasteiger partial charge is 0.257 e. The van der Waals surface area contributed by atoms with Gasteiger partial charge in [-0.3, -0.25) is 10.1 Å². The number of carbonyl (C=O) groups is 1. The summed E-state index contributed by atoms with van der Waals surface area (Å²) in [7, 11) is 0. The van der Waals surface area contributed by atoms with Crippen molar-refractivity contribution in [1.82, 2.24) is 4.98 Å². The number of halogens is 1. The number of hydrogen-bond acceptors (Lipinski definition) is 3. The van der Waals surface area contributed by atoms with Crippen molar-refractivity contribution in [1.29, 1.82) is 0 Å². The third kappa shape index (κ3) is 2.55. The zero-order chi connectivity index (χ0) is 10.7. The number of thiazole rings is 1. The van der Waals surface area contributed by atoms with E-state index in [1.165, 1.54) is 11.3 Å². The van der Waals surface area contributed by atoms with E-state index in [0.29, 0.717) is 15.7 Å². The highest BCUT2D eigenvalue weighted by molar-refractivity contribution is 7.13. The van der Waals surface area contributed by atoms with Crippen LogP contribution in [-0.4, -0.2) is 10.9 Å².